The summed E-state index contributed by atoms with van der Waals surface area (Å²) in [5.41, 5.74) is -2.52. The Hall–Kier alpha value is -1.80. The van der Waals surface area contributed by atoms with Crippen LogP contribution in [-0.4, -0.2) is 34.7 Å². The van der Waals surface area contributed by atoms with Crippen molar-refractivity contribution in [3.63, 3.8) is 0 Å². The maximum absolute atomic E-state index is 15.0. The molecule has 5 nitrogen and oxygen atoms in total. The molecule has 0 aromatic heterocycles. The van der Waals surface area contributed by atoms with E-state index in [0.717, 1.165) is 12.1 Å². The van der Waals surface area contributed by atoms with Crippen LogP contribution >= 0.6 is 11.6 Å². The van der Waals surface area contributed by atoms with E-state index in [1.54, 1.807) is 0 Å². The van der Waals surface area contributed by atoms with Crippen molar-refractivity contribution < 1.29 is 27.9 Å². The Balaban J connectivity index is 1.63. The molecular weight excluding hydrogens is 433 g/mol. The molecule has 4 atom stereocenters. The number of fused-ring (bicyclic) bond motifs is 2. The van der Waals surface area contributed by atoms with Crippen LogP contribution in [0.15, 0.2) is 12.1 Å². The number of aliphatic hydroxyl groups is 1. The molecule has 0 unspecified atom stereocenters. The summed E-state index contributed by atoms with van der Waals surface area (Å²) in [7, 11) is 0. The number of nitrogens with one attached hydrogen (secondary N) is 2. The van der Waals surface area contributed by atoms with Gasteiger partial charge in [-0.1, -0.05) is 11.6 Å². The van der Waals surface area contributed by atoms with E-state index < -0.39 is 52.7 Å². The third-order valence-corrected chi connectivity index (χ3v) is 7.66. The number of halogens is 4. The smallest absolute Gasteiger partial charge is 0.223 e. The van der Waals surface area contributed by atoms with Crippen molar-refractivity contribution >= 4 is 23.4 Å². The van der Waals surface area contributed by atoms with Gasteiger partial charge in [0.1, 0.15) is 17.3 Å². The molecule has 3 aliphatic carbocycles. The summed E-state index contributed by atoms with van der Waals surface area (Å²) in [6.45, 7) is 1.32. The molecule has 4 rings (SSSR count). The lowest BCUT2D eigenvalue weighted by molar-refractivity contribution is -0.127. The Bertz CT molecular complexity index is 904. The lowest BCUT2D eigenvalue weighted by atomic mass is 9.74. The van der Waals surface area contributed by atoms with Gasteiger partial charge in [0.15, 0.2) is 0 Å². The Labute approximate surface area is 183 Å². The normalized spacial score (nSPS) is 35.2. The van der Waals surface area contributed by atoms with Crippen LogP contribution in [0.2, 0.25) is 5.02 Å². The Morgan fingerprint density at radius 3 is 2.45 bits per heavy atom. The third kappa shape index (κ3) is 4.04. The standard InChI is InChI=1S/C22H26ClF3N2O3/c1-11(29)27-15-8-12(9-16(15)30)20(31)28-19(17-14(24)3-2-13(23)18(17)25)21-4-6-22(26,10-21)7-5-21/h2-3,12,15-16,19,30H,4-10H2,1H3,(H,27,29)(H,28,31)/t12-,15-,16+,19+,21?,22?/m0/s1. The number of rotatable bonds is 5. The van der Waals surface area contributed by atoms with Crippen molar-refractivity contribution in [2.24, 2.45) is 11.3 Å². The Morgan fingerprint density at radius 2 is 1.87 bits per heavy atom. The molecule has 2 bridgehead atoms. The minimum atomic E-state index is -1.38. The van der Waals surface area contributed by atoms with E-state index in [1.807, 2.05) is 0 Å². The molecule has 3 N–H and O–H groups in total. The molecule has 0 radical (unpaired) electrons. The monoisotopic (exact) mass is 458 g/mol. The zero-order valence-electron chi connectivity index (χ0n) is 17.2. The number of carbonyl (C=O) groups is 2. The minimum Gasteiger partial charge on any atom is -0.391 e. The molecule has 1 aromatic rings. The van der Waals surface area contributed by atoms with Gasteiger partial charge < -0.3 is 15.7 Å². The average Bonchev–Trinajstić information content (AvgIpc) is 3.35. The number of aliphatic hydroxyl groups excluding tert-OH is 1. The fraction of sp³-hybridized carbons (Fsp3) is 0.636. The highest BCUT2D eigenvalue weighted by Crippen LogP contribution is 2.63. The quantitative estimate of drug-likeness (QED) is 0.588. The highest BCUT2D eigenvalue weighted by atomic mass is 35.5. The Morgan fingerprint density at radius 1 is 1.19 bits per heavy atom. The third-order valence-electron chi connectivity index (χ3n) is 7.37. The van der Waals surface area contributed by atoms with Crippen LogP contribution in [0.5, 0.6) is 0 Å². The molecule has 3 saturated carbocycles. The van der Waals surface area contributed by atoms with E-state index >= 15 is 0 Å². The molecule has 170 valence electrons. The SMILES string of the molecule is CC(=O)N[C@H]1C[C@H](C(=O)N[C@H](c2c(F)ccc(Cl)c2F)C23CCC(F)(CC2)C3)C[C@H]1O. The van der Waals surface area contributed by atoms with Crippen molar-refractivity contribution in [1.29, 1.82) is 0 Å². The van der Waals surface area contributed by atoms with Crippen LogP contribution in [0.3, 0.4) is 0 Å². The van der Waals surface area contributed by atoms with E-state index in [9.17, 15) is 27.9 Å². The van der Waals surface area contributed by atoms with Crippen molar-refractivity contribution in [2.75, 3.05) is 0 Å². The van der Waals surface area contributed by atoms with Crippen LogP contribution in [-0.2, 0) is 9.59 Å². The summed E-state index contributed by atoms with van der Waals surface area (Å²) >= 11 is 5.91. The topological polar surface area (TPSA) is 78.4 Å². The zero-order chi connectivity index (χ0) is 22.6. The van der Waals surface area contributed by atoms with Gasteiger partial charge >= 0.3 is 0 Å². The summed E-state index contributed by atoms with van der Waals surface area (Å²) in [5.74, 6) is -3.23. The van der Waals surface area contributed by atoms with Crippen LogP contribution in [0, 0.1) is 23.0 Å². The van der Waals surface area contributed by atoms with E-state index in [1.165, 1.54) is 6.92 Å². The first-order valence-corrected chi connectivity index (χ1v) is 11.0. The van der Waals surface area contributed by atoms with Crippen LogP contribution in [0.4, 0.5) is 13.2 Å². The lowest BCUT2D eigenvalue weighted by Crippen LogP contribution is -2.42. The number of alkyl halides is 1. The molecule has 0 aliphatic heterocycles. The van der Waals surface area contributed by atoms with Crippen LogP contribution in [0.25, 0.3) is 0 Å². The number of hydrogen-bond acceptors (Lipinski definition) is 3. The molecule has 0 saturated heterocycles. The zero-order valence-corrected chi connectivity index (χ0v) is 17.9. The fourth-order valence-corrected chi connectivity index (χ4v) is 5.98. The first kappa shape index (κ1) is 22.4. The van der Waals surface area contributed by atoms with Gasteiger partial charge in [0.05, 0.1) is 23.2 Å². The molecule has 3 aliphatic rings. The summed E-state index contributed by atoms with van der Waals surface area (Å²) in [4.78, 5) is 24.4. The number of benzene rings is 1. The molecule has 1 aromatic carbocycles. The van der Waals surface area contributed by atoms with Gasteiger partial charge in [-0.15, -0.1) is 0 Å². The maximum atomic E-state index is 15.0. The van der Waals surface area contributed by atoms with Crippen molar-refractivity contribution in [2.45, 2.75) is 75.7 Å². The molecule has 3 fully saturated rings. The van der Waals surface area contributed by atoms with Crippen molar-refractivity contribution in [3.05, 3.63) is 34.4 Å². The summed E-state index contributed by atoms with van der Waals surface area (Å²) in [5, 5.41) is 15.3. The van der Waals surface area contributed by atoms with E-state index in [4.69, 9.17) is 11.6 Å². The number of hydrogen-bond donors (Lipinski definition) is 3. The van der Waals surface area contributed by atoms with E-state index in [0.29, 0.717) is 12.8 Å². The van der Waals surface area contributed by atoms with Crippen LogP contribution < -0.4 is 10.6 Å². The first-order chi connectivity index (χ1) is 14.5. The van der Waals surface area contributed by atoms with E-state index in [-0.39, 0.29) is 48.6 Å². The average molecular weight is 459 g/mol. The van der Waals surface area contributed by atoms with Gasteiger partial charge in [-0.25, -0.2) is 13.2 Å². The molecule has 2 amide bonds. The maximum Gasteiger partial charge on any atom is 0.223 e. The minimum absolute atomic E-state index is 0.115. The molecule has 31 heavy (non-hydrogen) atoms. The molecule has 9 heteroatoms. The first-order valence-electron chi connectivity index (χ1n) is 10.6. The fourth-order valence-electron chi connectivity index (χ4n) is 5.82. The van der Waals surface area contributed by atoms with Crippen molar-refractivity contribution in [3.8, 4) is 0 Å². The highest BCUT2D eigenvalue weighted by Gasteiger charge is 2.59. The van der Waals surface area contributed by atoms with Gasteiger partial charge in [0.25, 0.3) is 0 Å². The molecule has 0 spiro atoms. The molecular formula is C22H26ClF3N2O3. The predicted octanol–water partition coefficient (Wildman–Crippen LogP) is 3.72. The van der Waals surface area contributed by atoms with Gasteiger partial charge in [-0.2, -0.15) is 0 Å². The second-order valence-electron chi connectivity index (χ2n) is 9.43. The number of amides is 2. The lowest BCUT2D eigenvalue weighted by Gasteiger charge is -2.37. The second-order valence-corrected chi connectivity index (χ2v) is 9.84. The predicted molar refractivity (Wildman–Crippen MR) is 108 cm³/mol. The van der Waals surface area contributed by atoms with Gasteiger partial charge in [-0.3, -0.25) is 9.59 Å². The Kier molecular flexibility index (Phi) is 5.75. The van der Waals surface area contributed by atoms with E-state index in [2.05, 4.69) is 10.6 Å². The molecule has 0 heterocycles. The second kappa shape index (κ2) is 7.96. The summed E-state index contributed by atoms with van der Waals surface area (Å²) in [6.07, 6.45) is 0.935. The number of carbonyl (C=O) groups excluding carboxylic acids is 2. The summed E-state index contributed by atoms with van der Waals surface area (Å²) in [6, 6.07) is 0.520. The summed E-state index contributed by atoms with van der Waals surface area (Å²) < 4.78 is 44.7. The van der Waals surface area contributed by atoms with Gasteiger partial charge in [0, 0.05) is 18.4 Å². The highest BCUT2D eigenvalue weighted by molar-refractivity contribution is 6.30. The van der Waals surface area contributed by atoms with Crippen molar-refractivity contribution in [1.82, 2.24) is 10.6 Å². The van der Waals surface area contributed by atoms with Gasteiger partial charge in [-0.05, 0) is 62.5 Å². The van der Waals surface area contributed by atoms with Gasteiger partial charge in [0.2, 0.25) is 11.8 Å². The van der Waals surface area contributed by atoms with Crippen LogP contribution in [0.1, 0.15) is 63.5 Å². The largest absolute Gasteiger partial charge is 0.391 e.